The first kappa shape index (κ1) is 16.3. The zero-order chi connectivity index (χ0) is 14.8. The number of hydrogen-bond donors (Lipinski definition) is 2. The van der Waals surface area contributed by atoms with E-state index in [2.05, 4.69) is 21.6 Å². The molecule has 1 aromatic heterocycles. The van der Waals surface area contributed by atoms with Gasteiger partial charge in [0, 0.05) is 13.2 Å². The van der Waals surface area contributed by atoms with Gasteiger partial charge in [0.15, 0.2) is 5.82 Å². The lowest BCUT2D eigenvalue weighted by molar-refractivity contribution is 0.0922. The van der Waals surface area contributed by atoms with E-state index in [0.717, 1.165) is 30.5 Å². The zero-order valence-electron chi connectivity index (χ0n) is 12.1. The number of rotatable bonds is 9. The Hall–Kier alpha value is -1.71. The number of anilines is 1. The van der Waals surface area contributed by atoms with E-state index in [4.69, 9.17) is 9.84 Å². The molecule has 110 valence electrons. The molecule has 0 fully saturated rings. The highest BCUT2D eigenvalue weighted by molar-refractivity contribution is 5.56. The molecule has 1 aromatic rings. The van der Waals surface area contributed by atoms with Crippen molar-refractivity contribution in [2.75, 3.05) is 31.7 Å². The number of aliphatic hydroxyl groups is 1. The van der Waals surface area contributed by atoms with Gasteiger partial charge in [0.2, 0.25) is 0 Å². The molecule has 0 spiro atoms. The predicted molar refractivity (Wildman–Crippen MR) is 76.5 cm³/mol. The molecule has 0 amide bonds. The van der Waals surface area contributed by atoms with E-state index in [9.17, 15) is 5.26 Å². The van der Waals surface area contributed by atoms with Gasteiger partial charge in [-0.15, -0.1) is 5.10 Å². The first-order chi connectivity index (χ1) is 9.78. The largest absolute Gasteiger partial charge is 0.394 e. The van der Waals surface area contributed by atoms with E-state index >= 15 is 0 Å². The van der Waals surface area contributed by atoms with Gasteiger partial charge in [-0.2, -0.15) is 10.4 Å². The summed E-state index contributed by atoms with van der Waals surface area (Å²) in [6, 6.07) is 2.22. The Morgan fingerprint density at radius 1 is 1.25 bits per heavy atom. The van der Waals surface area contributed by atoms with Crippen molar-refractivity contribution in [3.8, 4) is 6.07 Å². The van der Waals surface area contributed by atoms with Crippen molar-refractivity contribution in [2.24, 2.45) is 0 Å². The summed E-state index contributed by atoms with van der Waals surface area (Å²) >= 11 is 0. The summed E-state index contributed by atoms with van der Waals surface area (Å²) in [5.74, 6) is 0.545. The third-order valence-corrected chi connectivity index (χ3v) is 2.95. The Balaban J connectivity index is 2.64. The molecule has 1 rings (SSSR count). The Morgan fingerprint density at radius 2 is 2.05 bits per heavy atom. The number of hydrogen-bond acceptors (Lipinski definition) is 6. The van der Waals surface area contributed by atoms with Crippen LogP contribution in [0.15, 0.2) is 0 Å². The number of aryl methyl sites for hydroxylation is 1. The normalized spacial score (nSPS) is 10.3. The average molecular weight is 278 g/mol. The third-order valence-electron chi connectivity index (χ3n) is 2.95. The summed E-state index contributed by atoms with van der Waals surface area (Å²) in [6.07, 6.45) is 2.33. The Bertz CT molecular complexity index is 457. The van der Waals surface area contributed by atoms with Gasteiger partial charge in [-0.3, -0.25) is 0 Å². The maximum atomic E-state index is 9.31. The fourth-order valence-electron chi connectivity index (χ4n) is 1.96. The van der Waals surface area contributed by atoms with Crippen LogP contribution >= 0.6 is 0 Å². The second-order valence-electron chi connectivity index (χ2n) is 4.28. The minimum atomic E-state index is 0.0375. The van der Waals surface area contributed by atoms with Crippen LogP contribution in [0.3, 0.4) is 0 Å². The monoisotopic (exact) mass is 278 g/mol. The minimum absolute atomic E-state index is 0.0375. The summed E-state index contributed by atoms with van der Waals surface area (Å²) in [5.41, 5.74) is 2.46. The number of nitrogens with one attached hydrogen (secondary N) is 1. The molecule has 0 saturated heterocycles. The quantitative estimate of drug-likeness (QED) is 0.661. The highest BCUT2D eigenvalue weighted by Crippen LogP contribution is 2.19. The SMILES string of the molecule is CCc1nnc(NCCCOCCO)c(C#N)c1CC. The van der Waals surface area contributed by atoms with Gasteiger partial charge in [-0.25, -0.2) is 0 Å². The molecule has 0 aliphatic carbocycles. The van der Waals surface area contributed by atoms with Crippen LogP contribution < -0.4 is 5.32 Å². The van der Waals surface area contributed by atoms with Crippen LogP contribution in [0.2, 0.25) is 0 Å². The lowest BCUT2D eigenvalue weighted by atomic mass is 10.0. The summed E-state index contributed by atoms with van der Waals surface area (Å²) in [5, 5.41) is 29.3. The highest BCUT2D eigenvalue weighted by Gasteiger charge is 2.13. The van der Waals surface area contributed by atoms with Crippen molar-refractivity contribution < 1.29 is 9.84 Å². The van der Waals surface area contributed by atoms with Crippen molar-refractivity contribution in [1.29, 1.82) is 5.26 Å². The molecule has 1 heterocycles. The van der Waals surface area contributed by atoms with Gasteiger partial charge in [-0.1, -0.05) is 13.8 Å². The van der Waals surface area contributed by atoms with Crippen LogP contribution in [0.1, 0.15) is 37.1 Å². The number of ether oxygens (including phenoxy) is 1. The molecule has 6 nitrogen and oxygen atoms in total. The molecular formula is C14H22N4O2. The first-order valence-corrected chi connectivity index (χ1v) is 6.99. The van der Waals surface area contributed by atoms with Crippen LogP contribution in [-0.2, 0) is 17.6 Å². The van der Waals surface area contributed by atoms with Crippen molar-refractivity contribution in [3.05, 3.63) is 16.8 Å². The van der Waals surface area contributed by atoms with E-state index in [1.165, 1.54) is 0 Å². The molecular weight excluding hydrogens is 256 g/mol. The third kappa shape index (κ3) is 4.44. The van der Waals surface area contributed by atoms with E-state index in [1.807, 2.05) is 13.8 Å². The van der Waals surface area contributed by atoms with Crippen LogP contribution in [0.25, 0.3) is 0 Å². The molecule has 0 atom stereocenters. The fourth-order valence-corrected chi connectivity index (χ4v) is 1.96. The summed E-state index contributed by atoms with van der Waals surface area (Å²) in [6.45, 7) is 5.64. The predicted octanol–water partition coefficient (Wildman–Crippen LogP) is 1.28. The molecule has 0 unspecified atom stereocenters. The topological polar surface area (TPSA) is 91.1 Å². The molecule has 0 saturated carbocycles. The van der Waals surface area contributed by atoms with Gasteiger partial charge < -0.3 is 15.2 Å². The molecule has 0 bridgehead atoms. The first-order valence-electron chi connectivity index (χ1n) is 6.99. The summed E-state index contributed by atoms with van der Waals surface area (Å²) in [4.78, 5) is 0. The molecule has 0 aromatic carbocycles. The van der Waals surface area contributed by atoms with Gasteiger partial charge in [-0.05, 0) is 24.8 Å². The van der Waals surface area contributed by atoms with Crippen molar-refractivity contribution >= 4 is 5.82 Å². The molecule has 2 N–H and O–H groups in total. The Morgan fingerprint density at radius 3 is 2.65 bits per heavy atom. The van der Waals surface area contributed by atoms with Gasteiger partial charge >= 0.3 is 0 Å². The number of nitriles is 1. The molecule has 0 radical (unpaired) electrons. The standard InChI is InChI=1S/C14H22N4O2/c1-3-11-12(10-15)14(18-17-13(11)4-2)16-6-5-8-20-9-7-19/h19H,3-9H2,1-2H3,(H,16,18). The van der Waals surface area contributed by atoms with Crippen molar-refractivity contribution in [3.63, 3.8) is 0 Å². The number of aromatic nitrogens is 2. The lowest BCUT2D eigenvalue weighted by Crippen LogP contribution is -2.12. The van der Waals surface area contributed by atoms with E-state index < -0.39 is 0 Å². The van der Waals surface area contributed by atoms with Gasteiger partial charge in [0.25, 0.3) is 0 Å². The molecule has 20 heavy (non-hydrogen) atoms. The van der Waals surface area contributed by atoms with Gasteiger partial charge in [0.1, 0.15) is 11.6 Å². The van der Waals surface area contributed by atoms with E-state index in [-0.39, 0.29) is 6.61 Å². The minimum Gasteiger partial charge on any atom is -0.394 e. The maximum Gasteiger partial charge on any atom is 0.166 e. The number of nitrogens with zero attached hydrogens (tertiary/aromatic N) is 3. The second-order valence-corrected chi connectivity index (χ2v) is 4.28. The number of aliphatic hydroxyl groups excluding tert-OH is 1. The summed E-state index contributed by atoms with van der Waals surface area (Å²) in [7, 11) is 0. The molecule has 0 aliphatic rings. The summed E-state index contributed by atoms with van der Waals surface area (Å²) < 4.78 is 5.17. The van der Waals surface area contributed by atoms with Crippen LogP contribution in [0.4, 0.5) is 5.82 Å². The molecule has 0 aliphatic heterocycles. The smallest absolute Gasteiger partial charge is 0.166 e. The Labute approximate surface area is 119 Å². The average Bonchev–Trinajstić information content (AvgIpc) is 2.49. The van der Waals surface area contributed by atoms with Crippen molar-refractivity contribution in [2.45, 2.75) is 33.1 Å². The lowest BCUT2D eigenvalue weighted by Gasteiger charge is -2.11. The fraction of sp³-hybridized carbons (Fsp3) is 0.643. The van der Waals surface area contributed by atoms with E-state index in [1.54, 1.807) is 0 Å². The van der Waals surface area contributed by atoms with Crippen LogP contribution in [0.5, 0.6) is 0 Å². The highest BCUT2D eigenvalue weighted by atomic mass is 16.5. The van der Waals surface area contributed by atoms with Gasteiger partial charge in [0.05, 0.1) is 18.9 Å². The van der Waals surface area contributed by atoms with Crippen molar-refractivity contribution in [1.82, 2.24) is 10.2 Å². The van der Waals surface area contributed by atoms with Crippen LogP contribution in [-0.4, -0.2) is 41.7 Å². The van der Waals surface area contributed by atoms with Crippen LogP contribution in [0, 0.1) is 11.3 Å². The zero-order valence-corrected chi connectivity index (χ0v) is 12.1. The second kappa shape index (κ2) is 9.23. The maximum absolute atomic E-state index is 9.31. The Kier molecular flexibility index (Phi) is 7.55. The van der Waals surface area contributed by atoms with E-state index in [0.29, 0.717) is 31.1 Å². The molecule has 6 heteroatoms.